The predicted molar refractivity (Wildman–Crippen MR) is 74.0 cm³/mol. The summed E-state index contributed by atoms with van der Waals surface area (Å²) in [5.41, 5.74) is 4.14. The molecule has 0 aliphatic carbocycles. The standard InChI is InChI=1S/C14H21NOS/c1-10-6-11(2)14(12(3)7-10)17-9-13-8-16-5-4-15-13/h6-7,13,15H,4-5,8-9H2,1-3H3. The summed E-state index contributed by atoms with van der Waals surface area (Å²) in [7, 11) is 0. The first kappa shape index (κ1) is 12.9. The van der Waals surface area contributed by atoms with Gasteiger partial charge >= 0.3 is 0 Å². The van der Waals surface area contributed by atoms with Gasteiger partial charge in [0.05, 0.1) is 13.2 Å². The average molecular weight is 251 g/mol. The van der Waals surface area contributed by atoms with Gasteiger partial charge in [-0.2, -0.15) is 0 Å². The van der Waals surface area contributed by atoms with E-state index in [4.69, 9.17) is 4.74 Å². The van der Waals surface area contributed by atoms with Gasteiger partial charge in [0.1, 0.15) is 0 Å². The highest BCUT2D eigenvalue weighted by Crippen LogP contribution is 2.28. The molecule has 1 unspecified atom stereocenters. The Morgan fingerprint density at radius 2 is 2.00 bits per heavy atom. The molecule has 0 amide bonds. The molecule has 1 heterocycles. The molecule has 17 heavy (non-hydrogen) atoms. The summed E-state index contributed by atoms with van der Waals surface area (Å²) in [6.45, 7) is 9.24. The van der Waals surface area contributed by atoms with Gasteiger partial charge in [0.15, 0.2) is 0 Å². The normalized spacial score (nSPS) is 20.5. The molecule has 1 N–H and O–H groups in total. The molecule has 2 nitrogen and oxygen atoms in total. The first-order chi connectivity index (χ1) is 8.16. The molecule has 0 radical (unpaired) electrons. The molecule has 1 aromatic rings. The SMILES string of the molecule is Cc1cc(C)c(SCC2COCCN2)c(C)c1. The summed E-state index contributed by atoms with van der Waals surface area (Å²) < 4.78 is 5.47. The Kier molecular flexibility index (Phi) is 4.48. The van der Waals surface area contributed by atoms with Crippen molar-refractivity contribution >= 4 is 11.8 Å². The fourth-order valence-corrected chi connectivity index (χ4v) is 3.46. The molecule has 2 rings (SSSR count). The Labute approximate surface area is 108 Å². The van der Waals surface area contributed by atoms with Crippen LogP contribution in [-0.2, 0) is 4.74 Å². The molecule has 1 saturated heterocycles. The van der Waals surface area contributed by atoms with E-state index >= 15 is 0 Å². The monoisotopic (exact) mass is 251 g/mol. The summed E-state index contributed by atoms with van der Waals surface area (Å²) >= 11 is 1.95. The van der Waals surface area contributed by atoms with Gasteiger partial charge in [0.25, 0.3) is 0 Å². The zero-order valence-corrected chi connectivity index (χ0v) is 11.7. The zero-order valence-electron chi connectivity index (χ0n) is 10.9. The number of morpholine rings is 1. The van der Waals surface area contributed by atoms with Crippen LogP contribution in [-0.4, -0.2) is 31.6 Å². The van der Waals surface area contributed by atoms with Crippen LogP contribution in [0.4, 0.5) is 0 Å². The largest absolute Gasteiger partial charge is 0.378 e. The molecule has 1 aliphatic rings. The van der Waals surface area contributed by atoms with Crippen molar-refractivity contribution in [3.8, 4) is 0 Å². The van der Waals surface area contributed by atoms with Gasteiger partial charge in [0, 0.05) is 23.2 Å². The first-order valence-corrected chi connectivity index (χ1v) is 7.17. The third-order valence-corrected chi connectivity index (χ3v) is 4.53. The molecule has 1 aliphatic heterocycles. The van der Waals surface area contributed by atoms with E-state index in [1.165, 1.54) is 21.6 Å². The smallest absolute Gasteiger partial charge is 0.0628 e. The Morgan fingerprint density at radius 3 is 2.59 bits per heavy atom. The van der Waals surface area contributed by atoms with Crippen LogP contribution in [0, 0.1) is 20.8 Å². The number of ether oxygens (including phenoxy) is 1. The van der Waals surface area contributed by atoms with Crippen molar-refractivity contribution in [2.45, 2.75) is 31.7 Å². The van der Waals surface area contributed by atoms with E-state index in [0.29, 0.717) is 6.04 Å². The second-order valence-electron chi connectivity index (χ2n) is 4.76. The van der Waals surface area contributed by atoms with Gasteiger partial charge in [-0.25, -0.2) is 0 Å². The molecule has 1 atom stereocenters. The van der Waals surface area contributed by atoms with Crippen LogP contribution in [0.5, 0.6) is 0 Å². The van der Waals surface area contributed by atoms with Crippen LogP contribution in [0.15, 0.2) is 17.0 Å². The Hall–Kier alpha value is -0.510. The lowest BCUT2D eigenvalue weighted by atomic mass is 10.1. The second-order valence-corrected chi connectivity index (χ2v) is 5.80. The van der Waals surface area contributed by atoms with Crippen LogP contribution in [0.25, 0.3) is 0 Å². The first-order valence-electron chi connectivity index (χ1n) is 6.18. The Morgan fingerprint density at radius 1 is 1.29 bits per heavy atom. The summed E-state index contributed by atoms with van der Waals surface area (Å²) in [4.78, 5) is 1.43. The van der Waals surface area contributed by atoms with Gasteiger partial charge in [-0.3, -0.25) is 0 Å². The number of rotatable bonds is 3. The third-order valence-electron chi connectivity index (χ3n) is 3.03. The van der Waals surface area contributed by atoms with E-state index in [2.05, 4.69) is 38.2 Å². The lowest BCUT2D eigenvalue weighted by Crippen LogP contribution is -2.42. The highest BCUT2D eigenvalue weighted by atomic mass is 32.2. The maximum absolute atomic E-state index is 5.47. The van der Waals surface area contributed by atoms with Gasteiger partial charge in [-0.05, 0) is 31.9 Å². The van der Waals surface area contributed by atoms with Crippen LogP contribution in [0.2, 0.25) is 0 Å². The minimum Gasteiger partial charge on any atom is -0.378 e. The molecule has 1 fully saturated rings. The second kappa shape index (κ2) is 5.89. The minimum atomic E-state index is 0.494. The van der Waals surface area contributed by atoms with Gasteiger partial charge in [0.2, 0.25) is 0 Å². The van der Waals surface area contributed by atoms with E-state index in [9.17, 15) is 0 Å². The third kappa shape index (κ3) is 3.47. The van der Waals surface area contributed by atoms with Crippen LogP contribution >= 0.6 is 11.8 Å². The summed E-state index contributed by atoms with van der Waals surface area (Å²) in [5, 5.41) is 3.49. The summed E-state index contributed by atoms with van der Waals surface area (Å²) in [6.07, 6.45) is 0. The van der Waals surface area contributed by atoms with Gasteiger partial charge < -0.3 is 10.1 Å². The highest BCUT2D eigenvalue weighted by molar-refractivity contribution is 7.99. The fourth-order valence-electron chi connectivity index (χ4n) is 2.31. The molecule has 1 aromatic carbocycles. The summed E-state index contributed by atoms with van der Waals surface area (Å²) in [5.74, 6) is 1.09. The van der Waals surface area contributed by atoms with E-state index < -0.39 is 0 Å². The number of nitrogens with one attached hydrogen (secondary N) is 1. The topological polar surface area (TPSA) is 21.3 Å². The molecule has 0 spiro atoms. The Balaban J connectivity index is 1.98. The lowest BCUT2D eigenvalue weighted by Gasteiger charge is -2.24. The molecular weight excluding hydrogens is 230 g/mol. The molecular formula is C14H21NOS. The van der Waals surface area contributed by atoms with Crippen molar-refractivity contribution < 1.29 is 4.74 Å². The van der Waals surface area contributed by atoms with Crippen molar-refractivity contribution in [2.75, 3.05) is 25.5 Å². The van der Waals surface area contributed by atoms with E-state index in [1.54, 1.807) is 0 Å². The van der Waals surface area contributed by atoms with E-state index in [0.717, 1.165) is 25.5 Å². The van der Waals surface area contributed by atoms with Crippen molar-refractivity contribution in [3.05, 3.63) is 28.8 Å². The van der Waals surface area contributed by atoms with Crippen LogP contribution in [0.3, 0.4) is 0 Å². The van der Waals surface area contributed by atoms with Crippen LogP contribution in [0.1, 0.15) is 16.7 Å². The van der Waals surface area contributed by atoms with Gasteiger partial charge in [-0.1, -0.05) is 17.7 Å². The average Bonchev–Trinajstić information content (AvgIpc) is 2.29. The van der Waals surface area contributed by atoms with Crippen molar-refractivity contribution in [1.29, 1.82) is 0 Å². The quantitative estimate of drug-likeness (QED) is 0.835. The fraction of sp³-hybridized carbons (Fsp3) is 0.571. The van der Waals surface area contributed by atoms with Crippen molar-refractivity contribution in [3.63, 3.8) is 0 Å². The van der Waals surface area contributed by atoms with Crippen molar-refractivity contribution in [1.82, 2.24) is 5.32 Å². The molecule has 3 heteroatoms. The predicted octanol–water partition coefficient (Wildman–Crippen LogP) is 2.69. The van der Waals surface area contributed by atoms with E-state index in [-0.39, 0.29) is 0 Å². The highest BCUT2D eigenvalue weighted by Gasteiger charge is 2.14. The minimum absolute atomic E-state index is 0.494. The van der Waals surface area contributed by atoms with Crippen LogP contribution < -0.4 is 5.32 Å². The van der Waals surface area contributed by atoms with E-state index in [1.807, 2.05) is 11.8 Å². The maximum atomic E-state index is 5.47. The maximum Gasteiger partial charge on any atom is 0.0628 e. The molecule has 0 aromatic heterocycles. The van der Waals surface area contributed by atoms with Gasteiger partial charge in [-0.15, -0.1) is 11.8 Å². The number of benzene rings is 1. The lowest BCUT2D eigenvalue weighted by molar-refractivity contribution is 0.0837. The molecule has 94 valence electrons. The molecule has 0 saturated carbocycles. The van der Waals surface area contributed by atoms with Crippen molar-refractivity contribution in [2.24, 2.45) is 0 Å². The zero-order chi connectivity index (χ0) is 12.3. The molecule has 0 bridgehead atoms. The number of aryl methyl sites for hydroxylation is 3. The Bertz CT molecular complexity index is 363. The number of hydrogen-bond donors (Lipinski definition) is 1. The number of hydrogen-bond acceptors (Lipinski definition) is 3. The number of thioether (sulfide) groups is 1. The summed E-state index contributed by atoms with van der Waals surface area (Å²) in [6, 6.07) is 5.02.